The summed E-state index contributed by atoms with van der Waals surface area (Å²) in [5.74, 6) is -0.837. The highest BCUT2D eigenvalue weighted by Gasteiger charge is 2.51. The standard InChI is InChI=1S/C21H32N6O5/c1-20(2,3)31-18(29)26-11-7-9-13(26)15(24-22)17(28)16(25-23)14-10-8-12-27(14)19(30)32-21(4,5)6/h13-14H,7-12H2,1-6H3. The van der Waals surface area contributed by atoms with Gasteiger partial charge in [-0.1, -0.05) is 0 Å². The fraction of sp³-hybridized carbons (Fsp3) is 0.762. The lowest BCUT2D eigenvalue weighted by molar-refractivity contribution is -0.117. The molecule has 0 saturated carbocycles. The van der Waals surface area contributed by atoms with Crippen molar-refractivity contribution in [2.24, 2.45) is 0 Å². The summed E-state index contributed by atoms with van der Waals surface area (Å²) in [5.41, 5.74) is 17.2. The minimum Gasteiger partial charge on any atom is -0.444 e. The average Bonchev–Trinajstić information content (AvgIpc) is 3.30. The Labute approximate surface area is 187 Å². The molecule has 0 bridgehead atoms. The fourth-order valence-corrected chi connectivity index (χ4v) is 3.84. The predicted octanol–water partition coefficient (Wildman–Crippen LogP) is 2.70. The van der Waals surface area contributed by atoms with Crippen molar-refractivity contribution in [1.82, 2.24) is 9.80 Å². The molecule has 11 nitrogen and oxygen atoms in total. The Morgan fingerprint density at radius 1 is 0.750 bits per heavy atom. The number of likely N-dealkylation sites (tertiary alicyclic amines) is 2. The van der Waals surface area contributed by atoms with Gasteiger partial charge in [0.25, 0.3) is 0 Å². The quantitative estimate of drug-likeness (QED) is 0.368. The summed E-state index contributed by atoms with van der Waals surface area (Å²) in [7, 11) is 0. The SMILES string of the molecule is CC(C)(C)OC(=O)N1CCCC1C(=[N+]=[N-])C(=O)C(=[N+]=[N-])C1CCCN1C(=O)OC(C)(C)C. The molecule has 0 aromatic rings. The molecule has 0 N–H and O–H groups in total. The highest BCUT2D eigenvalue weighted by atomic mass is 16.6. The zero-order valence-corrected chi connectivity index (χ0v) is 19.6. The van der Waals surface area contributed by atoms with Crippen LogP contribution in [0.25, 0.3) is 11.1 Å². The van der Waals surface area contributed by atoms with E-state index in [4.69, 9.17) is 9.47 Å². The van der Waals surface area contributed by atoms with Crippen molar-refractivity contribution in [2.45, 2.75) is 90.5 Å². The monoisotopic (exact) mass is 448 g/mol. The Balaban J connectivity index is 2.26. The van der Waals surface area contributed by atoms with Gasteiger partial charge in [0.2, 0.25) is 0 Å². The third-order valence-electron chi connectivity index (χ3n) is 5.07. The van der Waals surface area contributed by atoms with Crippen LogP contribution in [-0.4, -0.2) is 85.1 Å². The molecule has 0 aliphatic carbocycles. The van der Waals surface area contributed by atoms with Crippen LogP contribution in [0.4, 0.5) is 9.59 Å². The van der Waals surface area contributed by atoms with Crippen molar-refractivity contribution >= 4 is 29.4 Å². The number of carbonyl (C=O) groups excluding carboxylic acids is 3. The number of carbonyl (C=O) groups is 3. The fourth-order valence-electron chi connectivity index (χ4n) is 3.84. The number of rotatable bonds is 4. The van der Waals surface area contributed by atoms with E-state index in [-0.39, 0.29) is 11.4 Å². The van der Waals surface area contributed by atoms with Gasteiger partial charge in [-0.05, 0) is 67.2 Å². The second kappa shape index (κ2) is 9.63. The molecule has 0 aromatic carbocycles. The van der Waals surface area contributed by atoms with E-state index >= 15 is 0 Å². The maximum atomic E-state index is 13.2. The summed E-state index contributed by atoms with van der Waals surface area (Å²) in [6, 6.07) is -1.68. The summed E-state index contributed by atoms with van der Waals surface area (Å²) in [5, 5.41) is 0. The van der Waals surface area contributed by atoms with Crippen molar-refractivity contribution in [1.29, 1.82) is 0 Å². The van der Waals surface area contributed by atoms with E-state index in [1.54, 1.807) is 41.5 Å². The molecule has 0 aromatic heterocycles. The third kappa shape index (κ3) is 6.02. The van der Waals surface area contributed by atoms with Gasteiger partial charge in [0.1, 0.15) is 23.3 Å². The summed E-state index contributed by atoms with van der Waals surface area (Å²) in [6.07, 6.45) is 0.651. The van der Waals surface area contributed by atoms with E-state index in [1.807, 2.05) is 0 Å². The molecule has 11 heteroatoms. The highest BCUT2D eigenvalue weighted by molar-refractivity contribution is 6.66. The Morgan fingerprint density at radius 3 is 1.38 bits per heavy atom. The highest BCUT2D eigenvalue weighted by Crippen LogP contribution is 2.25. The Hall–Kier alpha value is -3.03. The van der Waals surface area contributed by atoms with Crippen LogP contribution in [-0.2, 0) is 14.3 Å². The van der Waals surface area contributed by atoms with Gasteiger partial charge < -0.3 is 20.5 Å². The summed E-state index contributed by atoms with van der Waals surface area (Å²) in [6.45, 7) is 11.0. The van der Waals surface area contributed by atoms with Crippen molar-refractivity contribution in [3.63, 3.8) is 0 Å². The van der Waals surface area contributed by atoms with Crippen molar-refractivity contribution in [2.75, 3.05) is 13.1 Å². The number of nitrogens with zero attached hydrogens (tertiary/aromatic N) is 6. The van der Waals surface area contributed by atoms with Gasteiger partial charge in [-0.3, -0.25) is 14.6 Å². The molecule has 2 saturated heterocycles. The molecule has 2 atom stereocenters. The summed E-state index contributed by atoms with van der Waals surface area (Å²) in [4.78, 5) is 47.4. The van der Waals surface area contributed by atoms with Crippen molar-refractivity contribution < 1.29 is 33.4 Å². The van der Waals surface area contributed by atoms with Crippen LogP contribution in [0.1, 0.15) is 67.2 Å². The van der Waals surface area contributed by atoms with Gasteiger partial charge >= 0.3 is 29.4 Å². The smallest absolute Gasteiger partial charge is 0.411 e. The lowest BCUT2D eigenvalue weighted by atomic mass is 9.97. The van der Waals surface area contributed by atoms with E-state index in [0.717, 1.165) is 0 Å². The predicted molar refractivity (Wildman–Crippen MR) is 114 cm³/mol. The topological polar surface area (TPSA) is 149 Å². The normalized spacial score (nSPS) is 20.9. The van der Waals surface area contributed by atoms with Gasteiger partial charge in [0.05, 0.1) is 0 Å². The Kier molecular flexibility index (Phi) is 7.59. The molecule has 0 spiro atoms. The van der Waals surface area contributed by atoms with Crippen LogP contribution in [0, 0.1) is 0 Å². The molecule has 2 rings (SSSR count). The molecule has 2 aliphatic heterocycles. The molecular formula is C21H32N6O5. The number of amides is 2. The number of Topliss-reactive ketones (excluding diaryl/α,β-unsaturated/α-hetero) is 1. The van der Waals surface area contributed by atoms with Gasteiger partial charge in [-0.25, -0.2) is 9.59 Å². The molecule has 2 unspecified atom stereocenters. The van der Waals surface area contributed by atoms with E-state index < -0.39 is 41.3 Å². The zero-order chi connectivity index (χ0) is 24.3. The van der Waals surface area contributed by atoms with Crippen LogP contribution in [0.5, 0.6) is 0 Å². The van der Waals surface area contributed by atoms with Crippen molar-refractivity contribution in [3.05, 3.63) is 11.1 Å². The lowest BCUT2D eigenvalue weighted by Gasteiger charge is -2.27. The average molecular weight is 449 g/mol. The van der Waals surface area contributed by atoms with Crippen molar-refractivity contribution in [3.8, 4) is 0 Å². The van der Waals surface area contributed by atoms with Crippen LogP contribution < -0.4 is 0 Å². The molecule has 2 heterocycles. The second-order valence-electron chi connectivity index (χ2n) is 9.96. The molecule has 32 heavy (non-hydrogen) atoms. The van der Waals surface area contributed by atoms with Crippen LogP contribution in [0.15, 0.2) is 0 Å². The minimum atomic E-state index is -0.838. The summed E-state index contributed by atoms with van der Waals surface area (Å²) >= 11 is 0. The Morgan fingerprint density at radius 2 is 1.09 bits per heavy atom. The first kappa shape index (κ1) is 25.2. The molecule has 176 valence electrons. The Bertz CT molecular complexity index is 804. The van der Waals surface area contributed by atoms with Gasteiger partial charge in [-0.15, -0.1) is 0 Å². The third-order valence-corrected chi connectivity index (χ3v) is 5.07. The maximum absolute atomic E-state index is 13.2. The number of ketones is 1. The lowest BCUT2D eigenvalue weighted by Crippen LogP contribution is -2.51. The molecular weight excluding hydrogens is 416 g/mol. The first-order chi connectivity index (χ1) is 14.8. The number of hydrogen-bond acceptors (Lipinski definition) is 5. The number of ether oxygens (including phenoxy) is 2. The van der Waals surface area contributed by atoms with E-state index in [1.165, 1.54) is 9.80 Å². The van der Waals surface area contributed by atoms with E-state index in [2.05, 4.69) is 9.58 Å². The van der Waals surface area contributed by atoms with Crippen LogP contribution >= 0.6 is 0 Å². The minimum absolute atomic E-state index is 0.324. The zero-order valence-electron chi connectivity index (χ0n) is 19.6. The van der Waals surface area contributed by atoms with Gasteiger partial charge in [0.15, 0.2) is 0 Å². The molecule has 2 fully saturated rings. The first-order valence-electron chi connectivity index (χ1n) is 10.8. The second-order valence-corrected chi connectivity index (χ2v) is 9.96. The van der Waals surface area contributed by atoms with Gasteiger partial charge in [-0.2, -0.15) is 9.58 Å². The van der Waals surface area contributed by atoms with Crippen LogP contribution in [0.3, 0.4) is 0 Å². The largest absolute Gasteiger partial charge is 0.444 e. The first-order valence-corrected chi connectivity index (χ1v) is 10.8. The van der Waals surface area contributed by atoms with E-state index in [0.29, 0.717) is 38.8 Å². The molecule has 0 radical (unpaired) electrons. The maximum Gasteiger partial charge on any atom is 0.411 e. The van der Waals surface area contributed by atoms with E-state index in [9.17, 15) is 25.4 Å². The van der Waals surface area contributed by atoms with Crippen LogP contribution in [0.2, 0.25) is 0 Å². The molecule has 2 aliphatic rings. The van der Waals surface area contributed by atoms with Gasteiger partial charge in [0, 0.05) is 13.1 Å². The summed E-state index contributed by atoms with van der Waals surface area (Å²) < 4.78 is 10.8. The number of hydrogen-bond donors (Lipinski definition) is 0. The molecule has 2 amide bonds.